The third-order valence-electron chi connectivity index (χ3n) is 2.85. The predicted molar refractivity (Wildman–Crippen MR) is 68.7 cm³/mol. The van der Waals surface area contributed by atoms with Crippen molar-refractivity contribution in [2.45, 2.75) is 25.0 Å². The molecular formula is C11H15BrClNO2. The lowest BCUT2D eigenvalue weighted by Crippen LogP contribution is -2.27. The first-order valence-corrected chi connectivity index (χ1v) is 5.81. The second-order valence-corrected chi connectivity index (χ2v) is 4.89. The molecule has 0 unspecified atom stereocenters. The summed E-state index contributed by atoms with van der Waals surface area (Å²) in [6.07, 6.45) is 1.51. The number of rotatable bonds is 3. The first-order valence-electron chi connectivity index (χ1n) is 5.02. The van der Waals surface area contributed by atoms with E-state index in [1.165, 1.54) is 0 Å². The molecule has 5 heteroatoms. The first kappa shape index (κ1) is 13.8. The molecule has 0 aliphatic heterocycles. The van der Waals surface area contributed by atoms with Gasteiger partial charge < -0.3 is 15.9 Å². The number of aromatic hydroxyl groups is 1. The van der Waals surface area contributed by atoms with Crippen molar-refractivity contribution in [1.29, 1.82) is 0 Å². The largest absolute Gasteiger partial charge is 0.506 e. The summed E-state index contributed by atoms with van der Waals surface area (Å²) in [5.74, 6) is 0.433. The number of benzene rings is 1. The van der Waals surface area contributed by atoms with Crippen molar-refractivity contribution in [2.24, 2.45) is 11.7 Å². The van der Waals surface area contributed by atoms with E-state index in [2.05, 4.69) is 15.9 Å². The smallest absolute Gasteiger partial charge is 0.134 e. The molecule has 0 aromatic heterocycles. The maximum Gasteiger partial charge on any atom is 0.134 e. The molecular weight excluding hydrogens is 293 g/mol. The fraction of sp³-hybridized carbons (Fsp3) is 0.455. The highest BCUT2D eigenvalue weighted by Gasteiger charge is 2.35. The van der Waals surface area contributed by atoms with Crippen LogP contribution in [0, 0.1) is 5.92 Å². The Morgan fingerprint density at radius 3 is 2.56 bits per heavy atom. The average Bonchev–Trinajstić information content (AvgIpc) is 3.03. The van der Waals surface area contributed by atoms with Gasteiger partial charge in [0.2, 0.25) is 0 Å². The zero-order valence-corrected chi connectivity index (χ0v) is 11.0. The minimum atomic E-state index is -0.551. The number of phenols is 1. The maximum atomic E-state index is 9.87. The first-order chi connectivity index (χ1) is 7.11. The second kappa shape index (κ2) is 5.36. The van der Waals surface area contributed by atoms with Gasteiger partial charge in [0.15, 0.2) is 0 Å². The topological polar surface area (TPSA) is 66.5 Å². The molecule has 1 saturated carbocycles. The number of aliphatic hydroxyl groups is 1. The van der Waals surface area contributed by atoms with Crippen LogP contribution in [0.15, 0.2) is 22.7 Å². The van der Waals surface area contributed by atoms with Crippen molar-refractivity contribution in [3.05, 3.63) is 28.2 Å². The van der Waals surface area contributed by atoms with Gasteiger partial charge in [0, 0.05) is 5.56 Å². The Balaban J connectivity index is 0.00000128. The summed E-state index contributed by atoms with van der Waals surface area (Å²) < 4.78 is 0.610. The molecule has 4 N–H and O–H groups in total. The van der Waals surface area contributed by atoms with Gasteiger partial charge in [-0.3, -0.25) is 0 Å². The lowest BCUT2D eigenvalue weighted by Gasteiger charge is -2.20. The Bertz CT molecular complexity index is 371. The van der Waals surface area contributed by atoms with Gasteiger partial charge in [-0.2, -0.15) is 0 Å². The molecule has 0 radical (unpaired) electrons. The summed E-state index contributed by atoms with van der Waals surface area (Å²) in [5.41, 5.74) is 6.52. The van der Waals surface area contributed by atoms with E-state index < -0.39 is 12.1 Å². The highest BCUT2D eigenvalue weighted by atomic mass is 79.9. The van der Waals surface area contributed by atoms with Crippen LogP contribution in [-0.4, -0.2) is 16.3 Å². The van der Waals surface area contributed by atoms with Crippen LogP contribution in [0.5, 0.6) is 5.75 Å². The van der Waals surface area contributed by atoms with Crippen LogP contribution in [0.25, 0.3) is 0 Å². The molecule has 2 atom stereocenters. The molecule has 1 fully saturated rings. The van der Waals surface area contributed by atoms with Crippen molar-refractivity contribution in [3.8, 4) is 5.75 Å². The third-order valence-corrected chi connectivity index (χ3v) is 3.49. The van der Waals surface area contributed by atoms with Crippen LogP contribution >= 0.6 is 28.3 Å². The van der Waals surface area contributed by atoms with E-state index in [9.17, 15) is 10.2 Å². The lowest BCUT2D eigenvalue weighted by molar-refractivity contribution is 0.121. The molecule has 1 aliphatic carbocycles. The maximum absolute atomic E-state index is 9.87. The van der Waals surface area contributed by atoms with Crippen LogP contribution < -0.4 is 5.73 Å². The van der Waals surface area contributed by atoms with Gasteiger partial charge in [-0.05, 0) is 40.8 Å². The summed E-state index contributed by atoms with van der Waals surface area (Å²) in [6.45, 7) is 0. The van der Waals surface area contributed by atoms with E-state index in [-0.39, 0.29) is 18.2 Å². The normalized spacial score (nSPS) is 18.7. The molecule has 0 bridgehead atoms. The fourth-order valence-electron chi connectivity index (χ4n) is 1.72. The number of aliphatic hydroxyl groups excluding tert-OH is 1. The van der Waals surface area contributed by atoms with Gasteiger partial charge in [-0.25, -0.2) is 0 Å². The Hall–Kier alpha value is -0.290. The van der Waals surface area contributed by atoms with Crippen LogP contribution in [0.2, 0.25) is 0 Å². The molecule has 1 aromatic rings. The summed E-state index contributed by atoms with van der Waals surface area (Å²) >= 11 is 3.23. The summed E-state index contributed by atoms with van der Waals surface area (Å²) in [7, 11) is 0. The van der Waals surface area contributed by atoms with Gasteiger partial charge in [-0.1, -0.05) is 12.1 Å². The van der Waals surface area contributed by atoms with E-state index in [0.717, 1.165) is 12.8 Å². The minimum Gasteiger partial charge on any atom is -0.506 e. The van der Waals surface area contributed by atoms with Gasteiger partial charge in [0.1, 0.15) is 5.75 Å². The zero-order chi connectivity index (χ0) is 11.0. The van der Waals surface area contributed by atoms with Crippen LogP contribution in [0.1, 0.15) is 24.4 Å². The van der Waals surface area contributed by atoms with Crippen molar-refractivity contribution >= 4 is 28.3 Å². The van der Waals surface area contributed by atoms with E-state index in [1.54, 1.807) is 18.2 Å². The molecule has 0 saturated heterocycles. The standard InChI is InChI=1S/C11H14BrNO2.ClH/c12-8-3-1-2-7(11(8)15)9(13)10(14)6-4-5-6;/h1-3,6,9-10,14-15H,4-5,13H2;1H/t9-,10+;/m0./s1. The molecule has 1 aromatic carbocycles. The Labute approximate surface area is 109 Å². The van der Waals surface area contributed by atoms with E-state index in [4.69, 9.17) is 5.73 Å². The minimum absolute atomic E-state index is 0. The zero-order valence-electron chi connectivity index (χ0n) is 8.64. The number of halogens is 2. The summed E-state index contributed by atoms with van der Waals surface area (Å²) in [5, 5.41) is 19.7. The second-order valence-electron chi connectivity index (χ2n) is 4.03. The summed E-state index contributed by atoms with van der Waals surface area (Å²) in [4.78, 5) is 0. The number of hydrogen-bond donors (Lipinski definition) is 3. The number of para-hydroxylation sites is 1. The molecule has 1 aliphatic rings. The molecule has 0 amide bonds. The predicted octanol–water partition coefficient (Wildman–Crippen LogP) is 2.35. The quantitative estimate of drug-likeness (QED) is 0.803. The number of hydrogen-bond acceptors (Lipinski definition) is 3. The van der Waals surface area contributed by atoms with Crippen molar-refractivity contribution in [1.82, 2.24) is 0 Å². The van der Waals surface area contributed by atoms with E-state index in [0.29, 0.717) is 16.0 Å². The van der Waals surface area contributed by atoms with Gasteiger partial charge in [-0.15, -0.1) is 12.4 Å². The SMILES string of the molecule is Cl.N[C@@H](c1cccc(Br)c1O)[C@H](O)C1CC1. The summed E-state index contributed by atoms with van der Waals surface area (Å²) in [6, 6.07) is 4.79. The molecule has 0 heterocycles. The van der Waals surface area contributed by atoms with Crippen LogP contribution in [0.3, 0.4) is 0 Å². The monoisotopic (exact) mass is 307 g/mol. The highest BCUT2D eigenvalue weighted by Crippen LogP contribution is 2.40. The number of phenolic OH excluding ortho intramolecular Hbond substituents is 1. The van der Waals surface area contributed by atoms with Gasteiger partial charge in [0.25, 0.3) is 0 Å². The van der Waals surface area contributed by atoms with Crippen LogP contribution in [-0.2, 0) is 0 Å². The molecule has 2 rings (SSSR count). The fourth-order valence-corrected chi connectivity index (χ4v) is 2.10. The van der Waals surface area contributed by atoms with Gasteiger partial charge in [0.05, 0.1) is 16.6 Å². The molecule has 90 valence electrons. The van der Waals surface area contributed by atoms with Crippen molar-refractivity contribution in [3.63, 3.8) is 0 Å². The lowest BCUT2D eigenvalue weighted by atomic mass is 9.98. The van der Waals surface area contributed by atoms with E-state index in [1.807, 2.05) is 0 Å². The molecule has 3 nitrogen and oxygen atoms in total. The Morgan fingerprint density at radius 2 is 2.00 bits per heavy atom. The molecule has 0 spiro atoms. The Morgan fingerprint density at radius 1 is 1.38 bits per heavy atom. The number of nitrogens with two attached hydrogens (primary N) is 1. The Kier molecular flexibility index (Phi) is 4.62. The van der Waals surface area contributed by atoms with Crippen molar-refractivity contribution < 1.29 is 10.2 Å². The third kappa shape index (κ3) is 2.69. The van der Waals surface area contributed by atoms with Crippen molar-refractivity contribution in [2.75, 3.05) is 0 Å². The highest BCUT2D eigenvalue weighted by molar-refractivity contribution is 9.10. The molecule has 16 heavy (non-hydrogen) atoms. The average molecular weight is 309 g/mol. The van der Waals surface area contributed by atoms with Crippen LogP contribution in [0.4, 0.5) is 0 Å². The van der Waals surface area contributed by atoms with E-state index >= 15 is 0 Å². The van der Waals surface area contributed by atoms with Gasteiger partial charge >= 0.3 is 0 Å².